The van der Waals surface area contributed by atoms with Gasteiger partial charge in [-0.15, -0.1) is 0 Å². The topological polar surface area (TPSA) is 84.9 Å². The second kappa shape index (κ2) is 5.67. The molecule has 6 heteroatoms. The average Bonchev–Trinajstić information content (AvgIpc) is 2.77. The van der Waals surface area contributed by atoms with Crippen LogP contribution in [0.5, 0.6) is 0 Å². The molecule has 0 aromatic carbocycles. The lowest BCUT2D eigenvalue weighted by atomic mass is 10.2. The summed E-state index contributed by atoms with van der Waals surface area (Å²) in [7, 11) is 1.17. The fourth-order valence-electron chi connectivity index (χ4n) is 1.31. The monoisotopic (exact) mass is 217 g/mol. The summed E-state index contributed by atoms with van der Waals surface area (Å²) in [6.45, 7) is 0.434. The number of ether oxygens (including phenoxy) is 2. The molecule has 0 saturated carbocycles. The van der Waals surface area contributed by atoms with E-state index in [1.54, 1.807) is 0 Å². The van der Waals surface area contributed by atoms with E-state index in [4.69, 9.17) is 4.74 Å². The first-order valence-electron chi connectivity index (χ1n) is 4.80. The predicted molar refractivity (Wildman–Crippen MR) is 50.0 cm³/mol. The van der Waals surface area contributed by atoms with Crippen molar-refractivity contribution in [3.8, 4) is 0 Å². The second-order valence-electron chi connectivity index (χ2n) is 3.29. The summed E-state index contributed by atoms with van der Waals surface area (Å²) in [6.07, 6.45) is -0.229. The fourth-order valence-corrected chi connectivity index (χ4v) is 1.31. The van der Waals surface area contributed by atoms with E-state index in [0.717, 1.165) is 6.42 Å². The Kier molecular flexibility index (Phi) is 4.51. The van der Waals surface area contributed by atoms with Crippen LogP contribution in [0.25, 0.3) is 0 Å². The Morgan fingerprint density at radius 3 is 2.93 bits per heavy atom. The summed E-state index contributed by atoms with van der Waals surface area (Å²) in [4.78, 5) is 22.2. The van der Waals surface area contributed by atoms with E-state index in [1.807, 2.05) is 0 Å². The van der Waals surface area contributed by atoms with Crippen molar-refractivity contribution in [2.45, 2.75) is 25.0 Å². The molecular formula is C9H15NO5. The lowest BCUT2D eigenvalue weighted by molar-refractivity contribution is -0.150. The molecule has 1 amide bonds. The van der Waals surface area contributed by atoms with Gasteiger partial charge in [0.15, 0.2) is 6.10 Å². The molecule has 86 valence electrons. The van der Waals surface area contributed by atoms with Crippen molar-refractivity contribution in [2.75, 3.05) is 20.3 Å². The third-order valence-corrected chi connectivity index (χ3v) is 2.17. The Labute approximate surface area is 87.5 Å². The van der Waals surface area contributed by atoms with Crippen LogP contribution in [-0.2, 0) is 19.1 Å². The number of hydrogen-bond acceptors (Lipinski definition) is 5. The Morgan fingerprint density at radius 2 is 2.40 bits per heavy atom. The van der Waals surface area contributed by atoms with E-state index in [-0.39, 0.29) is 12.5 Å². The van der Waals surface area contributed by atoms with Gasteiger partial charge >= 0.3 is 5.97 Å². The van der Waals surface area contributed by atoms with Gasteiger partial charge in [0.25, 0.3) is 0 Å². The number of methoxy groups -OCH3 is 1. The minimum Gasteiger partial charge on any atom is -0.467 e. The van der Waals surface area contributed by atoms with Gasteiger partial charge in [0.1, 0.15) is 6.10 Å². The average molecular weight is 217 g/mol. The molecule has 2 N–H and O–H groups in total. The smallest absolute Gasteiger partial charge is 0.336 e. The first-order chi connectivity index (χ1) is 7.15. The number of rotatable bonds is 4. The van der Waals surface area contributed by atoms with Gasteiger partial charge in [0, 0.05) is 6.61 Å². The van der Waals surface area contributed by atoms with Gasteiger partial charge in [-0.2, -0.15) is 0 Å². The number of aliphatic hydroxyl groups is 1. The van der Waals surface area contributed by atoms with Crippen molar-refractivity contribution < 1.29 is 24.2 Å². The number of amides is 1. The Hall–Kier alpha value is -1.14. The highest BCUT2D eigenvalue weighted by molar-refractivity contribution is 5.82. The van der Waals surface area contributed by atoms with E-state index in [0.29, 0.717) is 13.0 Å². The fraction of sp³-hybridized carbons (Fsp3) is 0.778. The highest BCUT2D eigenvalue weighted by atomic mass is 16.5. The van der Waals surface area contributed by atoms with E-state index in [2.05, 4.69) is 10.1 Å². The molecular weight excluding hydrogens is 202 g/mol. The molecule has 2 atom stereocenters. The maximum atomic E-state index is 11.4. The minimum absolute atomic E-state index is 0.147. The lowest BCUT2D eigenvalue weighted by Gasteiger charge is -2.12. The molecule has 1 aliphatic heterocycles. The van der Waals surface area contributed by atoms with Crippen LogP contribution in [-0.4, -0.2) is 49.5 Å². The summed E-state index contributed by atoms with van der Waals surface area (Å²) in [5, 5.41) is 11.6. The highest BCUT2D eigenvalue weighted by Gasteiger charge is 2.24. The molecule has 15 heavy (non-hydrogen) atoms. The van der Waals surface area contributed by atoms with Gasteiger partial charge in [0.05, 0.1) is 13.7 Å². The first kappa shape index (κ1) is 11.9. The Balaban J connectivity index is 2.24. The summed E-state index contributed by atoms with van der Waals surface area (Å²) in [5.74, 6) is -1.06. The normalized spacial score (nSPS) is 22.1. The van der Waals surface area contributed by atoms with E-state index < -0.39 is 18.2 Å². The minimum atomic E-state index is -1.32. The molecule has 0 aliphatic carbocycles. The Morgan fingerprint density at radius 1 is 1.67 bits per heavy atom. The quantitative estimate of drug-likeness (QED) is 0.579. The number of carbonyl (C=O) groups excluding carboxylic acids is 2. The number of hydrogen-bond donors (Lipinski definition) is 2. The maximum Gasteiger partial charge on any atom is 0.336 e. The van der Waals surface area contributed by atoms with Crippen LogP contribution in [0.2, 0.25) is 0 Å². The molecule has 0 radical (unpaired) electrons. The van der Waals surface area contributed by atoms with Gasteiger partial charge in [-0.05, 0) is 12.8 Å². The van der Waals surface area contributed by atoms with Crippen molar-refractivity contribution in [1.82, 2.24) is 5.32 Å². The molecule has 1 rings (SSSR count). The predicted octanol–water partition coefficient (Wildman–Crippen LogP) is -1.18. The molecule has 6 nitrogen and oxygen atoms in total. The SMILES string of the molecule is COC(=O)C(O)CNC(=O)C1CCCO1. The van der Waals surface area contributed by atoms with Gasteiger partial charge in [0.2, 0.25) is 5.91 Å². The van der Waals surface area contributed by atoms with Crippen molar-refractivity contribution in [3.05, 3.63) is 0 Å². The maximum absolute atomic E-state index is 11.4. The summed E-state index contributed by atoms with van der Waals surface area (Å²) < 4.78 is 9.42. The highest BCUT2D eigenvalue weighted by Crippen LogP contribution is 2.11. The summed E-state index contributed by atoms with van der Waals surface area (Å²) in [5.41, 5.74) is 0. The molecule has 1 fully saturated rings. The van der Waals surface area contributed by atoms with Crippen LogP contribution in [0.4, 0.5) is 0 Å². The molecule has 0 bridgehead atoms. The lowest BCUT2D eigenvalue weighted by Crippen LogP contribution is -2.41. The Bertz CT molecular complexity index is 237. The van der Waals surface area contributed by atoms with Crippen molar-refractivity contribution in [1.29, 1.82) is 0 Å². The van der Waals surface area contributed by atoms with E-state index >= 15 is 0 Å². The van der Waals surface area contributed by atoms with Crippen molar-refractivity contribution >= 4 is 11.9 Å². The summed E-state index contributed by atoms with van der Waals surface area (Å²) in [6, 6.07) is 0. The first-order valence-corrected chi connectivity index (χ1v) is 4.80. The zero-order valence-corrected chi connectivity index (χ0v) is 8.56. The van der Waals surface area contributed by atoms with Crippen LogP contribution in [0.1, 0.15) is 12.8 Å². The van der Waals surface area contributed by atoms with Crippen LogP contribution in [0.15, 0.2) is 0 Å². The van der Waals surface area contributed by atoms with Gasteiger partial charge in [-0.3, -0.25) is 4.79 Å². The van der Waals surface area contributed by atoms with E-state index in [1.165, 1.54) is 7.11 Å². The standard InChI is InChI=1S/C9H15NO5/c1-14-9(13)6(11)5-10-8(12)7-3-2-4-15-7/h6-7,11H,2-5H2,1H3,(H,10,12). The zero-order valence-electron chi connectivity index (χ0n) is 8.56. The third kappa shape index (κ3) is 3.49. The van der Waals surface area contributed by atoms with Crippen LogP contribution in [0.3, 0.4) is 0 Å². The van der Waals surface area contributed by atoms with Gasteiger partial charge < -0.3 is 19.9 Å². The third-order valence-electron chi connectivity index (χ3n) is 2.17. The van der Waals surface area contributed by atoms with E-state index in [9.17, 15) is 14.7 Å². The number of aliphatic hydroxyl groups excluding tert-OH is 1. The van der Waals surface area contributed by atoms with Crippen LogP contribution < -0.4 is 5.32 Å². The summed E-state index contributed by atoms with van der Waals surface area (Å²) >= 11 is 0. The molecule has 0 aromatic rings. The van der Waals surface area contributed by atoms with Crippen molar-refractivity contribution in [3.63, 3.8) is 0 Å². The molecule has 1 aliphatic rings. The zero-order chi connectivity index (χ0) is 11.3. The van der Waals surface area contributed by atoms with Crippen LogP contribution in [0, 0.1) is 0 Å². The number of carbonyl (C=O) groups is 2. The largest absolute Gasteiger partial charge is 0.467 e. The van der Waals surface area contributed by atoms with Gasteiger partial charge in [-0.25, -0.2) is 4.79 Å². The molecule has 1 saturated heterocycles. The number of esters is 1. The second-order valence-corrected chi connectivity index (χ2v) is 3.29. The van der Waals surface area contributed by atoms with Crippen LogP contribution >= 0.6 is 0 Å². The molecule has 0 spiro atoms. The molecule has 1 heterocycles. The van der Waals surface area contributed by atoms with Gasteiger partial charge in [-0.1, -0.05) is 0 Å². The molecule has 2 unspecified atom stereocenters. The van der Waals surface area contributed by atoms with Crippen molar-refractivity contribution in [2.24, 2.45) is 0 Å². The number of nitrogens with one attached hydrogen (secondary N) is 1. The molecule has 0 aromatic heterocycles.